The first-order chi connectivity index (χ1) is 18.2. The number of amides is 3. The van der Waals surface area contributed by atoms with Crippen LogP contribution in [0.15, 0.2) is 15.0 Å². The number of carboxylic acids is 1. The van der Waals surface area contributed by atoms with Gasteiger partial charge in [0.15, 0.2) is 17.9 Å². The molecule has 0 saturated heterocycles. The Hall–Kier alpha value is -4.35. The van der Waals surface area contributed by atoms with E-state index >= 15 is 0 Å². The highest BCUT2D eigenvalue weighted by molar-refractivity contribution is 5.93. The summed E-state index contributed by atoms with van der Waals surface area (Å²) in [6.07, 6.45) is 1.50. The maximum absolute atomic E-state index is 12.9. The fourth-order valence-electron chi connectivity index (χ4n) is 3.14. The van der Waals surface area contributed by atoms with E-state index in [-0.39, 0.29) is 56.8 Å². The van der Waals surface area contributed by atoms with Crippen LogP contribution in [0.5, 0.6) is 0 Å². The number of aliphatic carboxylic acids is 1. The van der Waals surface area contributed by atoms with Crippen LogP contribution in [0.2, 0.25) is 0 Å². The number of nitrogens with zero attached hydrogens (tertiary/aromatic N) is 3. The number of nitrogens with two attached hydrogens (primary N) is 7. The zero-order valence-corrected chi connectivity index (χ0v) is 22.1. The minimum atomic E-state index is -1.26. The van der Waals surface area contributed by atoms with Gasteiger partial charge in [0, 0.05) is 19.6 Å². The van der Waals surface area contributed by atoms with Gasteiger partial charge in [-0.2, -0.15) is 0 Å². The summed E-state index contributed by atoms with van der Waals surface area (Å²) in [6.45, 7) is 2.04. The van der Waals surface area contributed by atoms with Crippen molar-refractivity contribution in [3.8, 4) is 0 Å². The molecule has 0 aliphatic rings. The predicted octanol–water partition coefficient (Wildman–Crippen LogP) is -4.97. The summed E-state index contributed by atoms with van der Waals surface area (Å²) in [4.78, 5) is 61.1. The molecule has 0 aliphatic heterocycles. The van der Waals surface area contributed by atoms with Crippen molar-refractivity contribution < 1.29 is 24.3 Å². The van der Waals surface area contributed by atoms with Crippen molar-refractivity contribution in [3.63, 3.8) is 0 Å². The Labute approximate surface area is 226 Å². The summed E-state index contributed by atoms with van der Waals surface area (Å²) in [6, 6.07) is -4.36. The van der Waals surface area contributed by atoms with E-state index in [4.69, 9.17) is 40.1 Å². The maximum atomic E-state index is 12.9. The van der Waals surface area contributed by atoms with Gasteiger partial charge in [0.1, 0.15) is 18.1 Å². The molecular formula is C21H43N13O5. The Bertz CT molecular complexity index is 897. The third-order valence-corrected chi connectivity index (χ3v) is 5.19. The van der Waals surface area contributed by atoms with Gasteiger partial charge in [-0.05, 0) is 45.4 Å². The molecule has 0 aromatic rings. The number of guanidine groups is 3. The van der Waals surface area contributed by atoms with E-state index in [2.05, 4.69) is 30.9 Å². The molecule has 18 nitrogen and oxygen atoms in total. The molecule has 0 aliphatic carbocycles. The van der Waals surface area contributed by atoms with Crippen molar-refractivity contribution in [2.75, 3.05) is 19.6 Å². The highest BCUT2D eigenvalue weighted by Gasteiger charge is 2.28. The van der Waals surface area contributed by atoms with Gasteiger partial charge in [-0.3, -0.25) is 29.4 Å². The van der Waals surface area contributed by atoms with Gasteiger partial charge in [-0.25, -0.2) is 4.79 Å². The standard InChI is InChI=1S/C21H43N13O5/c1-11(15(35)34-14(18(38)39)7-4-10-31-21(27)28)32-17(37)13(6-3-9-30-20(25)26)33-16(36)12(22)5-2-8-29-19(23)24/h11-14H,2-10,22H2,1H3,(H,32,37)(H,33,36)(H,34,35)(H,38,39)(H4,23,24,29)(H4,25,26,30)(H4,27,28,31). The second-order valence-corrected chi connectivity index (χ2v) is 8.64. The fraction of sp³-hybridized carbons (Fsp3) is 0.667. The van der Waals surface area contributed by atoms with Crippen molar-refractivity contribution in [2.45, 2.75) is 69.6 Å². The lowest BCUT2D eigenvalue weighted by Gasteiger charge is -2.23. The van der Waals surface area contributed by atoms with Crippen LogP contribution in [-0.4, -0.2) is 90.5 Å². The summed E-state index contributed by atoms with van der Waals surface area (Å²) in [7, 11) is 0. The topological polar surface area (TPSA) is 344 Å². The number of hydrogen-bond acceptors (Lipinski definition) is 8. The molecular weight excluding hydrogens is 514 g/mol. The molecule has 4 atom stereocenters. The zero-order valence-electron chi connectivity index (χ0n) is 22.1. The largest absolute Gasteiger partial charge is 0.480 e. The molecule has 0 aromatic carbocycles. The van der Waals surface area contributed by atoms with Gasteiger partial charge < -0.3 is 61.2 Å². The molecule has 18 heteroatoms. The van der Waals surface area contributed by atoms with Gasteiger partial charge in [0.05, 0.1) is 6.04 Å². The highest BCUT2D eigenvalue weighted by atomic mass is 16.4. The molecule has 0 heterocycles. The molecule has 4 unspecified atom stereocenters. The summed E-state index contributed by atoms with van der Waals surface area (Å²) < 4.78 is 0. The summed E-state index contributed by atoms with van der Waals surface area (Å²) in [5.74, 6) is -3.60. The third kappa shape index (κ3) is 16.9. The summed E-state index contributed by atoms with van der Waals surface area (Å²) in [5, 5.41) is 16.8. The minimum Gasteiger partial charge on any atom is -0.480 e. The van der Waals surface area contributed by atoms with Gasteiger partial charge >= 0.3 is 5.97 Å². The highest BCUT2D eigenvalue weighted by Crippen LogP contribution is 2.04. The molecule has 0 radical (unpaired) electrons. The molecule has 222 valence electrons. The lowest BCUT2D eigenvalue weighted by atomic mass is 10.1. The normalized spacial score (nSPS) is 13.5. The van der Waals surface area contributed by atoms with Crippen molar-refractivity contribution in [1.29, 1.82) is 0 Å². The minimum absolute atomic E-state index is 0.0586. The van der Waals surface area contributed by atoms with Gasteiger partial charge in [0.2, 0.25) is 17.7 Å². The first-order valence-electron chi connectivity index (χ1n) is 12.3. The number of carboxylic acid groups (broad SMARTS) is 1. The average molecular weight is 558 g/mol. The Balaban J connectivity index is 5.18. The molecule has 0 rings (SSSR count). The number of rotatable bonds is 19. The SMILES string of the molecule is CC(NC(=O)C(CCCN=C(N)N)NC(=O)C(N)CCCN=C(N)N)C(=O)NC(CCCN=C(N)N)C(=O)O. The Morgan fingerprint density at radius 3 is 1.49 bits per heavy atom. The predicted molar refractivity (Wildman–Crippen MR) is 147 cm³/mol. The maximum Gasteiger partial charge on any atom is 0.326 e. The van der Waals surface area contributed by atoms with E-state index in [1.54, 1.807) is 0 Å². The Morgan fingerprint density at radius 1 is 0.641 bits per heavy atom. The van der Waals surface area contributed by atoms with Crippen LogP contribution < -0.4 is 56.1 Å². The third-order valence-electron chi connectivity index (χ3n) is 5.19. The van der Waals surface area contributed by atoms with Crippen LogP contribution in [0.4, 0.5) is 0 Å². The second kappa shape index (κ2) is 18.8. The first-order valence-corrected chi connectivity index (χ1v) is 12.3. The van der Waals surface area contributed by atoms with Crippen LogP contribution in [0.25, 0.3) is 0 Å². The van der Waals surface area contributed by atoms with Gasteiger partial charge in [-0.1, -0.05) is 0 Å². The molecule has 0 bridgehead atoms. The lowest BCUT2D eigenvalue weighted by molar-refractivity contribution is -0.142. The molecule has 3 amide bonds. The van der Waals surface area contributed by atoms with Crippen LogP contribution in [0.3, 0.4) is 0 Å². The summed E-state index contributed by atoms with van der Waals surface area (Å²) in [5.41, 5.74) is 37.5. The monoisotopic (exact) mass is 557 g/mol. The Kier molecular flexibility index (Phi) is 16.7. The zero-order chi connectivity index (χ0) is 30.0. The number of aliphatic imine (C=N–C) groups is 3. The summed E-state index contributed by atoms with van der Waals surface area (Å²) >= 11 is 0. The van der Waals surface area contributed by atoms with Crippen LogP contribution >= 0.6 is 0 Å². The molecule has 39 heavy (non-hydrogen) atoms. The van der Waals surface area contributed by atoms with E-state index in [0.29, 0.717) is 19.3 Å². The average Bonchev–Trinajstić information content (AvgIpc) is 2.84. The number of carbonyl (C=O) groups is 4. The quantitative estimate of drug-likeness (QED) is 0.0404. The van der Waals surface area contributed by atoms with E-state index in [0.717, 1.165) is 0 Å². The molecule has 0 saturated carbocycles. The number of hydrogen-bond donors (Lipinski definition) is 11. The van der Waals surface area contributed by atoms with Gasteiger partial charge in [-0.15, -0.1) is 0 Å². The van der Waals surface area contributed by atoms with Crippen LogP contribution in [0.1, 0.15) is 45.4 Å². The molecule has 0 fully saturated rings. The van der Waals surface area contributed by atoms with Gasteiger partial charge in [0.25, 0.3) is 0 Å². The van der Waals surface area contributed by atoms with Crippen molar-refractivity contribution in [3.05, 3.63) is 0 Å². The van der Waals surface area contributed by atoms with E-state index < -0.39 is 47.9 Å². The number of carbonyl (C=O) groups excluding carboxylic acids is 3. The fourth-order valence-corrected chi connectivity index (χ4v) is 3.14. The molecule has 0 spiro atoms. The smallest absolute Gasteiger partial charge is 0.326 e. The van der Waals surface area contributed by atoms with Crippen LogP contribution in [0, 0.1) is 0 Å². The van der Waals surface area contributed by atoms with Crippen molar-refractivity contribution in [2.24, 2.45) is 55.1 Å². The van der Waals surface area contributed by atoms with E-state index in [9.17, 15) is 24.3 Å². The van der Waals surface area contributed by atoms with E-state index in [1.165, 1.54) is 6.92 Å². The Morgan fingerprint density at radius 2 is 1.05 bits per heavy atom. The first kappa shape index (κ1) is 34.6. The van der Waals surface area contributed by atoms with Crippen molar-refractivity contribution in [1.82, 2.24) is 16.0 Å². The molecule has 0 aromatic heterocycles. The van der Waals surface area contributed by atoms with Crippen LogP contribution in [-0.2, 0) is 19.2 Å². The van der Waals surface area contributed by atoms with Crippen molar-refractivity contribution >= 4 is 41.6 Å². The second-order valence-electron chi connectivity index (χ2n) is 8.64. The van der Waals surface area contributed by atoms with E-state index in [1.807, 2.05) is 0 Å². The lowest BCUT2D eigenvalue weighted by Crippen LogP contribution is -2.56. The molecule has 18 N–H and O–H groups in total. The number of nitrogens with one attached hydrogen (secondary N) is 3.